The molecule has 1 fully saturated rings. The number of aryl methyl sites for hydroxylation is 1. The summed E-state index contributed by atoms with van der Waals surface area (Å²) in [6.07, 6.45) is -0.340. The van der Waals surface area contributed by atoms with Crippen LogP contribution in [0.4, 0.5) is 0 Å². The molecule has 0 unspecified atom stereocenters. The van der Waals surface area contributed by atoms with Crippen LogP contribution in [0.25, 0.3) is 0 Å². The van der Waals surface area contributed by atoms with Gasteiger partial charge < -0.3 is 10.0 Å². The van der Waals surface area contributed by atoms with E-state index in [2.05, 4.69) is 28.7 Å². The second kappa shape index (κ2) is 4.33. The third kappa shape index (κ3) is 2.08. The van der Waals surface area contributed by atoms with Gasteiger partial charge in [-0.15, -0.1) is 0 Å². The maximum Gasteiger partial charge on any atom is 0.254 e. The van der Waals surface area contributed by atoms with Gasteiger partial charge in [-0.2, -0.15) is 0 Å². The fourth-order valence-electron chi connectivity index (χ4n) is 1.83. The van der Waals surface area contributed by atoms with Crippen molar-refractivity contribution < 1.29 is 9.90 Å². The number of halogens is 1. The fraction of sp³-hybridized carbons (Fsp3) is 0.417. The number of hydrogen-bond acceptors (Lipinski definition) is 2. The minimum atomic E-state index is -0.340. The summed E-state index contributed by atoms with van der Waals surface area (Å²) in [5, 5.41) is 9.20. The zero-order valence-corrected chi connectivity index (χ0v) is 11.5. The predicted octanol–water partition coefficient (Wildman–Crippen LogP) is 1.72. The maximum atomic E-state index is 12.1. The number of nitrogens with zero attached hydrogens (tertiary/aromatic N) is 1. The molecule has 1 aromatic rings. The summed E-state index contributed by atoms with van der Waals surface area (Å²) in [7, 11) is 0. The van der Waals surface area contributed by atoms with Crippen molar-refractivity contribution in [3.8, 4) is 0 Å². The lowest BCUT2D eigenvalue weighted by molar-refractivity contribution is 0.00583. The minimum absolute atomic E-state index is 0.0319. The van der Waals surface area contributed by atoms with Gasteiger partial charge in [0.05, 0.1) is 6.10 Å². The molecular weight excluding hydrogens is 317 g/mol. The number of β-amino-alcohol motifs (C(OH)–C–C–N with tert-alkyl or cyclic N) is 1. The van der Waals surface area contributed by atoms with Crippen LogP contribution in [0.3, 0.4) is 0 Å². The molecule has 2 rings (SSSR count). The van der Waals surface area contributed by atoms with E-state index in [4.69, 9.17) is 0 Å². The summed E-state index contributed by atoms with van der Waals surface area (Å²) < 4.78 is 1.07. The van der Waals surface area contributed by atoms with Gasteiger partial charge in [-0.3, -0.25) is 4.79 Å². The third-order valence-electron chi connectivity index (χ3n) is 3.01. The molecule has 0 radical (unpaired) electrons. The molecule has 0 aromatic heterocycles. The molecule has 1 heterocycles. The van der Waals surface area contributed by atoms with E-state index in [1.54, 1.807) is 4.90 Å². The van der Waals surface area contributed by atoms with Crippen molar-refractivity contribution in [3.63, 3.8) is 0 Å². The van der Waals surface area contributed by atoms with Crippen LogP contribution in [-0.4, -0.2) is 35.1 Å². The monoisotopic (exact) mass is 331 g/mol. The number of aliphatic hydroxyl groups is 1. The van der Waals surface area contributed by atoms with Crippen molar-refractivity contribution in [2.24, 2.45) is 0 Å². The lowest BCUT2D eigenvalue weighted by atomic mass is 10.0. The van der Waals surface area contributed by atoms with Gasteiger partial charge in [-0.05, 0) is 59.7 Å². The van der Waals surface area contributed by atoms with Crippen molar-refractivity contribution in [1.29, 1.82) is 0 Å². The van der Waals surface area contributed by atoms with E-state index in [1.165, 1.54) is 0 Å². The Balaban J connectivity index is 2.29. The summed E-state index contributed by atoms with van der Waals surface area (Å²) in [6, 6.07) is 3.98. The van der Waals surface area contributed by atoms with E-state index >= 15 is 0 Å². The summed E-state index contributed by atoms with van der Waals surface area (Å²) in [4.78, 5) is 13.8. The fourth-order valence-corrected chi connectivity index (χ4v) is 2.61. The highest BCUT2D eigenvalue weighted by Gasteiger charge is 2.30. The van der Waals surface area contributed by atoms with Crippen molar-refractivity contribution in [2.45, 2.75) is 20.0 Å². The van der Waals surface area contributed by atoms with E-state index in [0.717, 1.165) is 20.3 Å². The molecule has 1 aliphatic heterocycles. The molecule has 16 heavy (non-hydrogen) atoms. The normalized spacial score (nSPS) is 16.1. The van der Waals surface area contributed by atoms with Gasteiger partial charge in [0.2, 0.25) is 0 Å². The van der Waals surface area contributed by atoms with E-state index in [9.17, 15) is 9.90 Å². The second-order valence-electron chi connectivity index (χ2n) is 4.26. The van der Waals surface area contributed by atoms with Gasteiger partial charge in [0.1, 0.15) is 0 Å². The highest BCUT2D eigenvalue weighted by molar-refractivity contribution is 14.1. The van der Waals surface area contributed by atoms with E-state index in [-0.39, 0.29) is 12.0 Å². The van der Waals surface area contributed by atoms with E-state index < -0.39 is 0 Å². The van der Waals surface area contributed by atoms with Crippen LogP contribution >= 0.6 is 22.6 Å². The predicted molar refractivity (Wildman–Crippen MR) is 70.5 cm³/mol. The number of likely N-dealkylation sites (tertiary alicyclic amines) is 1. The summed E-state index contributed by atoms with van der Waals surface area (Å²) in [6.45, 7) is 4.90. The second-order valence-corrected chi connectivity index (χ2v) is 5.50. The van der Waals surface area contributed by atoms with Gasteiger partial charge in [-0.1, -0.05) is 0 Å². The Morgan fingerprint density at radius 3 is 2.62 bits per heavy atom. The zero-order chi connectivity index (χ0) is 11.9. The minimum Gasteiger partial charge on any atom is -0.389 e. The Morgan fingerprint density at radius 2 is 2.06 bits per heavy atom. The van der Waals surface area contributed by atoms with E-state index in [1.807, 2.05) is 19.9 Å². The lowest BCUT2D eigenvalue weighted by Crippen LogP contribution is -2.53. The average molecular weight is 331 g/mol. The smallest absolute Gasteiger partial charge is 0.254 e. The largest absolute Gasteiger partial charge is 0.389 e. The number of carbonyl (C=O) groups is 1. The molecular formula is C12H14INO2. The van der Waals surface area contributed by atoms with Crippen molar-refractivity contribution >= 4 is 28.5 Å². The summed E-state index contributed by atoms with van der Waals surface area (Å²) in [5.41, 5.74) is 2.93. The first-order valence-electron chi connectivity index (χ1n) is 5.23. The summed E-state index contributed by atoms with van der Waals surface area (Å²) >= 11 is 2.22. The Labute approximate surface area is 109 Å². The van der Waals surface area contributed by atoms with Crippen molar-refractivity contribution in [1.82, 2.24) is 4.90 Å². The first kappa shape index (κ1) is 11.9. The van der Waals surface area contributed by atoms with Gasteiger partial charge in [0, 0.05) is 22.2 Å². The van der Waals surface area contributed by atoms with Crippen molar-refractivity contribution in [3.05, 3.63) is 32.4 Å². The SMILES string of the molecule is Cc1cc(I)cc(C(=O)N2CC(O)C2)c1C. The highest BCUT2D eigenvalue weighted by Crippen LogP contribution is 2.21. The quantitative estimate of drug-likeness (QED) is 0.796. The van der Waals surface area contributed by atoms with Crippen LogP contribution in [0, 0.1) is 17.4 Å². The molecule has 1 saturated heterocycles. The first-order chi connectivity index (χ1) is 7.49. The lowest BCUT2D eigenvalue weighted by Gasteiger charge is -2.36. The summed E-state index contributed by atoms with van der Waals surface area (Å²) in [5.74, 6) is 0.0319. The molecule has 3 nitrogen and oxygen atoms in total. The Morgan fingerprint density at radius 1 is 1.44 bits per heavy atom. The topological polar surface area (TPSA) is 40.5 Å². The van der Waals surface area contributed by atoms with Gasteiger partial charge in [0.15, 0.2) is 0 Å². The zero-order valence-electron chi connectivity index (χ0n) is 9.33. The highest BCUT2D eigenvalue weighted by atomic mass is 127. The molecule has 1 aliphatic rings. The molecule has 1 N–H and O–H groups in total. The maximum absolute atomic E-state index is 12.1. The van der Waals surface area contributed by atoms with Gasteiger partial charge in [-0.25, -0.2) is 0 Å². The van der Waals surface area contributed by atoms with Crippen LogP contribution in [0.2, 0.25) is 0 Å². The molecule has 4 heteroatoms. The van der Waals surface area contributed by atoms with Crippen LogP contribution in [-0.2, 0) is 0 Å². The standard InChI is InChI=1S/C12H14INO2/c1-7-3-9(13)4-11(8(7)2)12(16)14-5-10(15)6-14/h3-4,10,15H,5-6H2,1-2H3. The van der Waals surface area contributed by atoms with Gasteiger partial charge in [0.25, 0.3) is 5.91 Å². The molecule has 0 saturated carbocycles. The number of amides is 1. The number of hydrogen-bond donors (Lipinski definition) is 1. The molecule has 0 atom stereocenters. The Bertz CT molecular complexity index is 439. The van der Waals surface area contributed by atoms with Crippen LogP contribution < -0.4 is 0 Å². The number of rotatable bonds is 1. The molecule has 0 spiro atoms. The van der Waals surface area contributed by atoms with Crippen LogP contribution in [0.5, 0.6) is 0 Å². The number of aliphatic hydroxyl groups excluding tert-OH is 1. The third-order valence-corrected chi connectivity index (χ3v) is 3.63. The molecule has 1 amide bonds. The van der Waals surface area contributed by atoms with Crippen LogP contribution in [0.15, 0.2) is 12.1 Å². The molecule has 86 valence electrons. The Hall–Kier alpha value is -0.620. The average Bonchev–Trinajstić information content (AvgIpc) is 2.18. The Kier molecular flexibility index (Phi) is 3.21. The molecule has 0 bridgehead atoms. The first-order valence-corrected chi connectivity index (χ1v) is 6.31. The van der Waals surface area contributed by atoms with Crippen LogP contribution in [0.1, 0.15) is 21.5 Å². The van der Waals surface area contributed by atoms with Crippen molar-refractivity contribution in [2.75, 3.05) is 13.1 Å². The number of carbonyl (C=O) groups excluding carboxylic acids is 1. The number of benzene rings is 1. The van der Waals surface area contributed by atoms with E-state index in [0.29, 0.717) is 13.1 Å². The van der Waals surface area contributed by atoms with Gasteiger partial charge >= 0.3 is 0 Å². The molecule has 0 aliphatic carbocycles. The molecule has 1 aromatic carbocycles.